The first-order chi connectivity index (χ1) is 12.8. The van der Waals surface area contributed by atoms with Crippen LogP contribution in [0, 0.1) is 13.8 Å². The smallest absolute Gasteiger partial charge is 0.343 e. The van der Waals surface area contributed by atoms with Crippen LogP contribution in [0.2, 0.25) is 0 Å². The number of hydrogen-bond acceptors (Lipinski definition) is 5. The van der Waals surface area contributed by atoms with Crippen molar-refractivity contribution in [3.8, 4) is 5.75 Å². The van der Waals surface area contributed by atoms with Crippen LogP contribution >= 0.6 is 0 Å². The quantitative estimate of drug-likeness (QED) is 0.832. The van der Waals surface area contributed by atoms with Gasteiger partial charge in [0, 0.05) is 13.0 Å². The number of amides is 1. The number of carboxylic acids is 1. The van der Waals surface area contributed by atoms with Crippen LogP contribution in [0.5, 0.6) is 5.75 Å². The summed E-state index contributed by atoms with van der Waals surface area (Å²) in [4.78, 5) is 24.5. The van der Waals surface area contributed by atoms with Gasteiger partial charge in [-0.05, 0) is 31.5 Å². The fourth-order valence-electron chi connectivity index (χ4n) is 3.01. The lowest BCUT2D eigenvalue weighted by Crippen LogP contribution is -2.39. The predicted molar refractivity (Wildman–Crippen MR) is 93.1 cm³/mol. The van der Waals surface area contributed by atoms with Crippen LogP contribution in [-0.2, 0) is 22.6 Å². The number of likely N-dealkylation sites (tertiary alicyclic amines) is 1. The number of ether oxygens (including phenoxy) is 1. The van der Waals surface area contributed by atoms with Gasteiger partial charge in [0.2, 0.25) is 11.6 Å². The van der Waals surface area contributed by atoms with Gasteiger partial charge in [0.1, 0.15) is 18.1 Å². The molecule has 0 aliphatic carbocycles. The lowest BCUT2D eigenvalue weighted by Gasteiger charge is -2.17. The summed E-state index contributed by atoms with van der Waals surface area (Å²) in [5.41, 5.74) is 0.0874. The Balaban J connectivity index is 1.55. The van der Waals surface area contributed by atoms with E-state index in [0.29, 0.717) is 18.1 Å². The number of aliphatic carboxylic acids is 1. The molecular formula is C19H21FN2O5. The van der Waals surface area contributed by atoms with Gasteiger partial charge in [0.25, 0.3) is 0 Å². The maximum atomic E-state index is 14.1. The molecule has 1 aromatic carbocycles. The molecule has 1 N–H and O–H groups in total. The monoisotopic (exact) mass is 376 g/mol. The lowest BCUT2D eigenvalue weighted by atomic mass is 10.1. The highest BCUT2D eigenvalue weighted by Crippen LogP contribution is 2.26. The van der Waals surface area contributed by atoms with Crippen molar-refractivity contribution in [1.82, 2.24) is 10.1 Å². The van der Waals surface area contributed by atoms with Crippen molar-refractivity contribution in [2.24, 2.45) is 0 Å². The average molecular weight is 376 g/mol. The molecule has 0 radical (unpaired) electrons. The van der Waals surface area contributed by atoms with E-state index in [1.54, 1.807) is 24.3 Å². The maximum absolute atomic E-state index is 14.1. The van der Waals surface area contributed by atoms with Crippen LogP contribution in [0.25, 0.3) is 0 Å². The number of nitrogens with zero attached hydrogens (tertiary/aromatic N) is 2. The largest absolute Gasteiger partial charge is 0.489 e. The van der Waals surface area contributed by atoms with E-state index in [1.165, 1.54) is 4.90 Å². The predicted octanol–water partition coefficient (Wildman–Crippen LogP) is 2.44. The van der Waals surface area contributed by atoms with E-state index in [1.807, 2.05) is 13.8 Å². The summed E-state index contributed by atoms with van der Waals surface area (Å²) in [5.74, 6) is -0.454. The molecule has 8 heteroatoms. The first kappa shape index (κ1) is 18.9. The molecular weight excluding hydrogens is 355 g/mol. The summed E-state index contributed by atoms with van der Waals surface area (Å²) in [5, 5.41) is 12.8. The number of halogens is 1. The summed E-state index contributed by atoms with van der Waals surface area (Å²) in [6.45, 7) is 3.71. The van der Waals surface area contributed by atoms with Gasteiger partial charge in [0.05, 0.1) is 24.2 Å². The zero-order valence-electron chi connectivity index (χ0n) is 15.2. The third-order valence-corrected chi connectivity index (χ3v) is 4.80. The number of carbonyl (C=O) groups excluding carboxylic acids is 1. The zero-order chi connectivity index (χ0) is 19.6. The molecule has 3 rings (SSSR count). The number of carboxylic acid groups (broad SMARTS) is 1. The fraction of sp³-hybridized carbons (Fsp3) is 0.421. The molecule has 2 heterocycles. The molecule has 1 fully saturated rings. The van der Waals surface area contributed by atoms with E-state index in [2.05, 4.69) is 5.16 Å². The minimum Gasteiger partial charge on any atom is -0.489 e. The van der Waals surface area contributed by atoms with Crippen molar-refractivity contribution in [3.63, 3.8) is 0 Å². The van der Waals surface area contributed by atoms with E-state index < -0.39 is 18.2 Å². The highest BCUT2D eigenvalue weighted by Gasteiger charge is 2.46. The number of aryl methyl sites for hydroxylation is 2. The van der Waals surface area contributed by atoms with Crippen LogP contribution in [0.15, 0.2) is 28.8 Å². The third kappa shape index (κ3) is 4.10. The highest BCUT2D eigenvalue weighted by molar-refractivity contribution is 5.83. The molecule has 0 saturated carbocycles. The number of rotatable bonds is 6. The van der Waals surface area contributed by atoms with E-state index in [0.717, 1.165) is 16.8 Å². The number of alkyl halides is 1. The first-order valence-electron chi connectivity index (χ1n) is 8.62. The molecule has 1 atom stereocenters. The van der Waals surface area contributed by atoms with E-state index in [4.69, 9.17) is 14.4 Å². The minimum atomic E-state index is -2.34. The fourth-order valence-corrected chi connectivity index (χ4v) is 3.01. The number of carbonyl (C=O) groups is 2. The van der Waals surface area contributed by atoms with E-state index in [-0.39, 0.29) is 25.3 Å². The topological polar surface area (TPSA) is 92.9 Å². The van der Waals surface area contributed by atoms with Crippen LogP contribution in [0.1, 0.15) is 29.0 Å². The normalized spacial score (nSPS) is 19.3. The number of hydrogen-bond donors (Lipinski definition) is 1. The molecule has 1 unspecified atom stereocenters. The van der Waals surface area contributed by atoms with Crippen molar-refractivity contribution < 1.29 is 28.3 Å². The Hall–Kier alpha value is -2.90. The molecule has 1 aromatic heterocycles. The van der Waals surface area contributed by atoms with Gasteiger partial charge in [0.15, 0.2) is 0 Å². The third-order valence-electron chi connectivity index (χ3n) is 4.80. The van der Waals surface area contributed by atoms with Gasteiger partial charge in [-0.2, -0.15) is 0 Å². The number of benzene rings is 1. The molecule has 7 nitrogen and oxygen atoms in total. The molecule has 0 spiro atoms. The summed E-state index contributed by atoms with van der Waals surface area (Å²) in [6.07, 6.45) is -0.0948. The molecule has 1 aliphatic rings. The van der Waals surface area contributed by atoms with Crippen molar-refractivity contribution >= 4 is 11.9 Å². The standard InChI is InChI=1S/C19H21FN2O5/c1-12-16(13(2)27-21-12)10-26-15-5-3-14(4-6-15)9-17(23)22-8-7-19(20,11-22)18(24)25/h3-6H,7-11H2,1-2H3,(H,24,25). The Morgan fingerprint density at radius 1 is 1.33 bits per heavy atom. The van der Waals surface area contributed by atoms with Crippen LogP contribution < -0.4 is 4.74 Å². The minimum absolute atomic E-state index is 0.0832. The molecule has 27 heavy (non-hydrogen) atoms. The van der Waals surface area contributed by atoms with Gasteiger partial charge in [-0.3, -0.25) is 4.79 Å². The van der Waals surface area contributed by atoms with Gasteiger partial charge in [-0.15, -0.1) is 0 Å². The zero-order valence-corrected chi connectivity index (χ0v) is 15.2. The van der Waals surface area contributed by atoms with Crippen molar-refractivity contribution in [2.45, 2.75) is 39.0 Å². The summed E-state index contributed by atoms with van der Waals surface area (Å²) >= 11 is 0. The first-order valence-corrected chi connectivity index (χ1v) is 8.62. The molecule has 144 valence electrons. The van der Waals surface area contributed by atoms with Gasteiger partial charge in [-0.1, -0.05) is 17.3 Å². The Morgan fingerprint density at radius 3 is 2.59 bits per heavy atom. The van der Waals surface area contributed by atoms with Gasteiger partial charge in [-0.25, -0.2) is 9.18 Å². The Bertz CT molecular complexity index is 829. The molecule has 2 aromatic rings. The molecule has 0 bridgehead atoms. The lowest BCUT2D eigenvalue weighted by molar-refractivity contribution is -0.150. The van der Waals surface area contributed by atoms with Gasteiger partial charge < -0.3 is 19.3 Å². The molecule has 1 amide bonds. The summed E-state index contributed by atoms with van der Waals surface area (Å²) < 4.78 is 24.9. The average Bonchev–Trinajstić information content (AvgIpc) is 3.19. The second-order valence-corrected chi connectivity index (χ2v) is 6.75. The second kappa shape index (κ2) is 7.38. The van der Waals surface area contributed by atoms with Crippen molar-refractivity contribution in [2.75, 3.05) is 13.1 Å². The maximum Gasteiger partial charge on any atom is 0.343 e. The van der Waals surface area contributed by atoms with Gasteiger partial charge >= 0.3 is 5.97 Å². The molecule has 1 aliphatic heterocycles. The van der Waals surface area contributed by atoms with Crippen molar-refractivity contribution in [3.05, 3.63) is 46.8 Å². The van der Waals surface area contributed by atoms with Crippen LogP contribution in [0.3, 0.4) is 0 Å². The second-order valence-electron chi connectivity index (χ2n) is 6.75. The van der Waals surface area contributed by atoms with E-state index in [9.17, 15) is 14.0 Å². The molecule has 1 saturated heterocycles. The number of aromatic nitrogens is 1. The summed E-state index contributed by atoms with van der Waals surface area (Å²) in [7, 11) is 0. The van der Waals surface area contributed by atoms with Crippen LogP contribution in [0.4, 0.5) is 4.39 Å². The van der Waals surface area contributed by atoms with Crippen LogP contribution in [-0.4, -0.2) is 45.8 Å². The Morgan fingerprint density at radius 2 is 2.04 bits per heavy atom. The highest BCUT2D eigenvalue weighted by atomic mass is 19.1. The Kier molecular flexibility index (Phi) is 5.16. The van der Waals surface area contributed by atoms with Crippen molar-refractivity contribution in [1.29, 1.82) is 0 Å². The summed E-state index contributed by atoms with van der Waals surface area (Å²) in [6, 6.07) is 7.02. The Labute approximate surface area is 155 Å². The SMILES string of the molecule is Cc1noc(C)c1COc1ccc(CC(=O)N2CCC(F)(C(=O)O)C2)cc1. The van der Waals surface area contributed by atoms with E-state index >= 15 is 0 Å².